The molecule has 3 aromatic carbocycles. The van der Waals surface area contributed by atoms with Crippen LogP contribution in [0.3, 0.4) is 0 Å². The molecule has 6 rings (SSSR count). The third-order valence-electron chi connectivity index (χ3n) is 6.32. The van der Waals surface area contributed by atoms with Crippen LogP contribution in [0.4, 0.5) is 0 Å². The first kappa shape index (κ1) is 28.1. The topological polar surface area (TPSA) is 25.8 Å². The van der Waals surface area contributed by atoms with Gasteiger partial charge in [0.05, 0.1) is 0 Å². The fourth-order valence-corrected chi connectivity index (χ4v) is 7.19. The van der Waals surface area contributed by atoms with Crippen LogP contribution >= 0.6 is 11.3 Å². The first-order valence-corrected chi connectivity index (χ1v) is 16.8. The Labute approximate surface area is 244 Å². The fraction of sp³-hybridized carbons (Fsp3) is 0.152. The van der Waals surface area contributed by atoms with Crippen molar-refractivity contribution in [3.8, 4) is 22.5 Å². The zero-order chi connectivity index (χ0) is 26.0. The SMILES string of the molecule is Cc1ccc(-c2[c-]cc([Si](C)(C)C)c3c2sc2ccccc23)nc1.Cc1ccc(-c2[c-]cccc2)nc1.[Ir]. The van der Waals surface area contributed by atoms with Crippen molar-refractivity contribution >= 4 is 44.8 Å². The van der Waals surface area contributed by atoms with E-state index in [9.17, 15) is 0 Å². The number of benzene rings is 3. The molecule has 0 aliphatic rings. The summed E-state index contributed by atoms with van der Waals surface area (Å²) in [5.41, 5.74) is 6.53. The molecule has 0 spiro atoms. The largest absolute Gasteiger partial charge is 0.304 e. The monoisotopic (exact) mass is 707 g/mol. The molecule has 5 heteroatoms. The third kappa shape index (κ3) is 6.03. The maximum absolute atomic E-state index is 4.65. The zero-order valence-electron chi connectivity index (χ0n) is 22.3. The minimum absolute atomic E-state index is 0. The normalized spacial score (nSPS) is 11.1. The predicted octanol–water partition coefficient (Wildman–Crippen LogP) is 8.63. The number of thiophene rings is 1. The third-order valence-corrected chi connectivity index (χ3v) is 9.52. The van der Waals surface area contributed by atoms with Crippen LogP contribution < -0.4 is 5.19 Å². The number of hydrogen-bond acceptors (Lipinski definition) is 3. The smallest absolute Gasteiger partial charge is 0.0300 e. The minimum Gasteiger partial charge on any atom is -0.304 e. The van der Waals surface area contributed by atoms with E-state index in [1.165, 1.54) is 36.5 Å². The van der Waals surface area contributed by atoms with Crippen molar-refractivity contribution in [1.82, 2.24) is 9.97 Å². The molecule has 3 heterocycles. The molecular formula is C33H30IrN2SSi-2. The molecule has 0 fully saturated rings. The average Bonchev–Trinajstić information content (AvgIpc) is 3.29. The van der Waals surface area contributed by atoms with Gasteiger partial charge in [-0.2, -0.15) is 11.3 Å². The van der Waals surface area contributed by atoms with E-state index in [0.717, 1.165) is 22.5 Å². The average molecular weight is 707 g/mol. The van der Waals surface area contributed by atoms with Crippen molar-refractivity contribution in [2.24, 2.45) is 0 Å². The summed E-state index contributed by atoms with van der Waals surface area (Å²) in [6.07, 6.45) is 3.81. The summed E-state index contributed by atoms with van der Waals surface area (Å²) in [6, 6.07) is 33.8. The van der Waals surface area contributed by atoms with Crippen LogP contribution in [0.15, 0.2) is 91.3 Å². The Hall–Kier alpha value is -2.95. The van der Waals surface area contributed by atoms with E-state index in [-0.39, 0.29) is 20.1 Å². The molecule has 0 atom stereocenters. The Morgan fingerprint density at radius 2 is 1.39 bits per heavy atom. The summed E-state index contributed by atoms with van der Waals surface area (Å²) in [5, 5.41) is 4.29. The Bertz CT molecular complexity index is 1650. The van der Waals surface area contributed by atoms with Crippen molar-refractivity contribution < 1.29 is 20.1 Å². The van der Waals surface area contributed by atoms with E-state index < -0.39 is 8.07 Å². The van der Waals surface area contributed by atoms with Crippen molar-refractivity contribution in [2.45, 2.75) is 33.5 Å². The summed E-state index contributed by atoms with van der Waals surface area (Å²) in [7, 11) is -1.46. The van der Waals surface area contributed by atoms with Gasteiger partial charge in [-0.25, -0.2) is 0 Å². The predicted molar refractivity (Wildman–Crippen MR) is 162 cm³/mol. The van der Waals surface area contributed by atoms with Crippen LogP contribution in [0.2, 0.25) is 19.6 Å². The van der Waals surface area contributed by atoms with Gasteiger partial charge in [-0.3, -0.25) is 0 Å². The van der Waals surface area contributed by atoms with Gasteiger partial charge in [0.2, 0.25) is 0 Å². The van der Waals surface area contributed by atoms with Crippen LogP contribution in [0.5, 0.6) is 0 Å². The van der Waals surface area contributed by atoms with Crippen molar-refractivity contribution in [2.75, 3.05) is 0 Å². The Morgan fingerprint density at radius 1 is 0.737 bits per heavy atom. The Balaban J connectivity index is 0.000000204. The maximum atomic E-state index is 4.65. The van der Waals surface area contributed by atoms with Crippen LogP contribution in [0.1, 0.15) is 11.1 Å². The van der Waals surface area contributed by atoms with Gasteiger partial charge >= 0.3 is 0 Å². The van der Waals surface area contributed by atoms with E-state index in [2.05, 4.69) is 97.2 Å². The number of aromatic nitrogens is 2. The molecule has 193 valence electrons. The van der Waals surface area contributed by atoms with E-state index in [1.807, 2.05) is 61.0 Å². The maximum Gasteiger partial charge on any atom is 0.0300 e. The van der Waals surface area contributed by atoms with Gasteiger partial charge in [-0.1, -0.05) is 67.5 Å². The molecule has 3 aromatic heterocycles. The van der Waals surface area contributed by atoms with E-state index in [0.29, 0.717) is 0 Å². The molecule has 0 N–H and O–H groups in total. The zero-order valence-corrected chi connectivity index (χ0v) is 26.5. The van der Waals surface area contributed by atoms with Gasteiger partial charge in [-0.15, -0.1) is 58.8 Å². The number of aryl methyl sites for hydroxylation is 2. The second kappa shape index (κ2) is 11.8. The fourth-order valence-electron chi connectivity index (χ4n) is 4.35. The van der Waals surface area contributed by atoms with Crippen molar-refractivity contribution in [3.63, 3.8) is 0 Å². The number of fused-ring (bicyclic) bond motifs is 3. The molecule has 0 saturated heterocycles. The number of rotatable bonds is 3. The molecule has 38 heavy (non-hydrogen) atoms. The van der Waals surface area contributed by atoms with Gasteiger partial charge in [0.25, 0.3) is 0 Å². The molecule has 1 radical (unpaired) electrons. The molecular weight excluding hydrogens is 677 g/mol. The summed E-state index contributed by atoms with van der Waals surface area (Å²) in [6.45, 7) is 11.3. The molecule has 0 aliphatic heterocycles. The van der Waals surface area contributed by atoms with Crippen LogP contribution in [-0.4, -0.2) is 18.0 Å². The number of nitrogens with zero attached hydrogens (tertiary/aromatic N) is 2. The van der Waals surface area contributed by atoms with Crippen LogP contribution in [0.25, 0.3) is 42.7 Å². The van der Waals surface area contributed by atoms with Crippen LogP contribution in [-0.2, 0) is 20.1 Å². The number of hydrogen-bond donors (Lipinski definition) is 0. The standard InChI is InChI=1S/C21H20NSSi.C12H10N.Ir/c1-14-9-11-17(22-13-14)15-10-12-19(24(2,3)4)20-16-7-5-6-8-18(16)23-21(15)20;1-10-7-8-12(13-9-10)11-5-3-2-4-6-11;/h5-9,11-13H,1-4H3;2-5,7-9H,1H3;/q2*-1;. The quantitative estimate of drug-likeness (QED) is 0.136. The summed E-state index contributed by atoms with van der Waals surface area (Å²) in [4.78, 5) is 8.96. The van der Waals surface area contributed by atoms with Gasteiger partial charge in [0.15, 0.2) is 0 Å². The van der Waals surface area contributed by atoms with Gasteiger partial charge < -0.3 is 9.97 Å². The molecule has 0 aliphatic carbocycles. The van der Waals surface area contributed by atoms with E-state index >= 15 is 0 Å². The second-order valence-corrected chi connectivity index (χ2v) is 16.4. The molecule has 0 amide bonds. The van der Waals surface area contributed by atoms with E-state index in [1.54, 1.807) is 0 Å². The summed E-state index contributed by atoms with van der Waals surface area (Å²) < 4.78 is 2.67. The Morgan fingerprint density at radius 3 is 2.00 bits per heavy atom. The summed E-state index contributed by atoms with van der Waals surface area (Å²) >= 11 is 1.87. The molecule has 0 saturated carbocycles. The first-order chi connectivity index (χ1) is 17.8. The Kier molecular flexibility index (Phi) is 8.74. The molecule has 2 nitrogen and oxygen atoms in total. The molecule has 0 bridgehead atoms. The summed E-state index contributed by atoms with van der Waals surface area (Å²) in [5.74, 6) is 0. The van der Waals surface area contributed by atoms with Crippen LogP contribution in [0, 0.1) is 26.0 Å². The molecule has 6 aromatic rings. The minimum atomic E-state index is -1.46. The van der Waals surface area contributed by atoms with Gasteiger partial charge in [-0.05, 0) is 52.5 Å². The van der Waals surface area contributed by atoms with Crippen molar-refractivity contribution in [1.29, 1.82) is 0 Å². The van der Waals surface area contributed by atoms with E-state index in [4.69, 9.17) is 0 Å². The molecule has 0 unspecified atom stereocenters. The van der Waals surface area contributed by atoms with Crippen molar-refractivity contribution in [3.05, 3.63) is 115 Å². The van der Waals surface area contributed by atoms with Gasteiger partial charge in [0.1, 0.15) is 0 Å². The first-order valence-electron chi connectivity index (χ1n) is 12.5. The second-order valence-electron chi connectivity index (χ2n) is 10.3. The number of pyridine rings is 2. The van der Waals surface area contributed by atoms with Gasteiger partial charge in [0, 0.05) is 45.3 Å².